The van der Waals surface area contributed by atoms with E-state index in [1.54, 1.807) is 39.8 Å². The molecule has 7 rings (SSSR count). The van der Waals surface area contributed by atoms with Crippen LogP contribution in [-0.2, 0) is 62.3 Å². The second kappa shape index (κ2) is 36.8. The van der Waals surface area contributed by atoms with Gasteiger partial charge in [0.05, 0.1) is 31.5 Å². The first kappa shape index (κ1) is 86.0. The minimum absolute atomic E-state index is 0.00447. The third kappa shape index (κ3) is 20.4. The molecule has 0 aromatic rings. The maximum atomic E-state index is 15.5. The van der Waals surface area contributed by atoms with Gasteiger partial charge in [0.2, 0.25) is 70.9 Å². The number of carbonyl (C=O) groups is 12. The highest BCUT2D eigenvalue weighted by Gasteiger charge is 2.56. The highest BCUT2D eigenvalue weighted by Crippen LogP contribution is 2.46. The van der Waals surface area contributed by atoms with E-state index >= 15 is 37.5 Å². The number of likely N-dealkylation sites (N-methyl/N-ethyl adjacent to an activating group) is 7. The van der Waals surface area contributed by atoms with E-state index in [2.05, 4.69) is 16.0 Å². The summed E-state index contributed by atoms with van der Waals surface area (Å²) < 4.78 is 121. The second-order valence-corrected chi connectivity index (χ2v) is 30.8. The van der Waals surface area contributed by atoms with Crippen LogP contribution < -0.4 is 16.0 Å². The normalized spacial score (nSPS) is 32.3. The fourth-order valence-corrected chi connectivity index (χ4v) is 16.5. The van der Waals surface area contributed by atoms with Gasteiger partial charge in [-0.1, -0.05) is 45.3 Å². The minimum atomic E-state index is -5.22. The van der Waals surface area contributed by atoms with Crippen molar-refractivity contribution < 1.29 is 97.4 Å². The highest BCUT2D eigenvalue weighted by molar-refractivity contribution is 6.01. The van der Waals surface area contributed by atoms with Crippen LogP contribution in [0.3, 0.4) is 0 Å². The number of fused-ring (bicyclic) bond motifs is 3. The lowest BCUT2D eigenvalue weighted by Gasteiger charge is -2.46. The van der Waals surface area contributed by atoms with Gasteiger partial charge < -0.3 is 64.8 Å². The van der Waals surface area contributed by atoms with Crippen molar-refractivity contribution in [2.45, 2.75) is 254 Å². The summed E-state index contributed by atoms with van der Waals surface area (Å²) >= 11 is 0. The predicted molar refractivity (Wildman–Crippen MR) is 372 cm³/mol. The zero-order valence-corrected chi connectivity index (χ0v) is 63.4. The van der Waals surface area contributed by atoms with Crippen LogP contribution in [0.25, 0.3) is 0 Å². The van der Waals surface area contributed by atoms with Crippen LogP contribution in [0.1, 0.15) is 169 Å². The zero-order chi connectivity index (χ0) is 78.8. The van der Waals surface area contributed by atoms with Gasteiger partial charge in [-0.3, -0.25) is 57.5 Å². The van der Waals surface area contributed by atoms with Crippen molar-refractivity contribution in [3.63, 3.8) is 0 Å². The molecule has 2 saturated heterocycles. The lowest BCUT2D eigenvalue weighted by atomic mass is 9.74. The smallest absolute Gasteiger partial charge is 0.377 e. The van der Waals surface area contributed by atoms with E-state index in [-0.39, 0.29) is 96.9 Å². The molecule has 3 N–H and O–H groups in total. The molecule has 0 radical (unpaired) electrons. The Morgan fingerprint density at radius 1 is 0.660 bits per heavy atom. The summed E-state index contributed by atoms with van der Waals surface area (Å²) in [5, 5.41) is 8.30. The summed E-state index contributed by atoms with van der Waals surface area (Å²) in [7, 11) is 9.39. The maximum Gasteiger partial charge on any atom is 0.397 e. The van der Waals surface area contributed by atoms with Gasteiger partial charge in [0, 0.05) is 82.0 Å². The van der Waals surface area contributed by atoms with Crippen LogP contribution >= 0.6 is 0 Å². The lowest BCUT2D eigenvalue weighted by molar-refractivity contribution is -0.219. The third-order valence-electron chi connectivity index (χ3n) is 23.8. The first-order valence-electron chi connectivity index (χ1n) is 37.7. The Morgan fingerprint density at radius 3 is 1.85 bits per heavy atom. The van der Waals surface area contributed by atoms with Crippen molar-refractivity contribution in [1.29, 1.82) is 0 Å². The summed E-state index contributed by atoms with van der Waals surface area (Å²) in [4.78, 5) is 190. The highest BCUT2D eigenvalue weighted by atomic mass is 19.4. The molecule has 4 aliphatic carbocycles. The number of nitrogens with one attached hydrogen (secondary N) is 3. The van der Waals surface area contributed by atoms with Gasteiger partial charge >= 0.3 is 12.4 Å². The lowest BCUT2D eigenvalue weighted by Crippen LogP contribution is -2.68. The number of rotatable bonds is 12. The van der Waals surface area contributed by atoms with Crippen LogP contribution in [-0.4, -0.2) is 288 Å². The van der Waals surface area contributed by atoms with Crippen LogP contribution in [0.15, 0.2) is 12.2 Å². The Labute approximate surface area is 616 Å². The number of nitrogens with zero attached hydrogens (tertiary/aromatic N) is 9. The van der Waals surface area contributed by atoms with Crippen LogP contribution in [0.4, 0.5) is 35.1 Å². The molecule has 2 bridgehead atoms. The van der Waals surface area contributed by atoms with Gasteiger partial charge in [0.15, 0.2) is 0 Å². The van der Waals surface area contributed by atoms with E-state index in [1.807, 2.05) is 0 Å². The van der Waals surface area contributed by atoms with Crippen molar-refractivity contribution >= 4 is 70.9 Å². The quantitative estimate of drug-likeness (QED) is 0.156. The monoisotopic (exact) mass is 1520 g/mol. The van der Waals surface area contributed by atoms with Crippen molar-refractivity contribution in [3.8, 4) is 0 Å². The molecule has 1 spiro atoms. The molecule has 106 heavy (non-hydrogen) atoms. The van der Waals surface area contributed by atoms with Crippen LogP contribution in [0, 0.1) is 35.5 Å². The number of amides is 12. The number of hydrogen-bond acceptors (Lipinski definition) is 13. The van der Waals surface area contributed by atoms with Crippen molar-refractivity contribution in [3.05, 3.63) is 12.2 Å². The van der Waals surface area contributed by atoms with E-state index in [4.69, 9.17) is 4.74 Å². The average Bonchev–Trinajstić information content (AvgIpc) is 1.19. The Balaban J connectivity index is 1.31. The molecule has 598 valence electrons. The van der Waals surface area contributed by atoms with E-state index in [1.165, 1.54) is 71.0 Å². The number of carbonyl (C=O) groups excluding carboxylic acids is 12. The largest absolute Gasteiger partial charge is 0.397 e. The molecule has 3 aliphatic heterocycles. The molecule has 4 saturated carbocycles. The molecule has 3 heterocycles. The van der Waals surface area contributed by atoms with Gasteiger partial charge in [0.1, 0.15) is 72.1 Å². The first-order valence-corrected chi connectivity index (χ1v) is 37.7. The molecule has 0 aromatic carbocycles. The van der Waals surface area contributed by atoms with Crippen molar-refractivity contribution in [1.82, 2.24) is 60.0 Å². The molecule has 6 fully saturated rings. The molecule has 25 nitrogen and oxygen atoms in total. The molecule has 12 atom stereocenters. The standard InChI is InChI=1S/C73H112F8N12O13/c1-13-42(4)60-68(103)87(8)41-58(96)89(10)52-24-17-16-20-33-92(67(52)102)55(36-44-25-28-47(29-26-44)72(76,77)78)66(101)86(7)40-56(94)82-51(30-27-45-34-49(74)59(50(75)35-45)73(79,80)81)64(99)93-39-48(106-15-3)37-53(93)63(98)84-71(31-21-32-71)70(105)91(12)61(46-22-18-19-23-46)69(104)90(11)54(65(100)85(6)14-2)38-57(95)88(9)43(5)62(97)83-60/h16-17,42-55,59-61H,13-15,18-41H2,1-12H3,(H,82,94)(H,83,97)(H,84,98)/b17-16-/t42-,43-,44?,45?,47?,48+,49?,50?,51-,52-,53-,54-,55-,59?,60-,61-/m0/s1. The second-order valence-electron chi connectivity index (χ2n) is 30.8. The van der Waals surface area contributed by atoms with Gasteiger partial charge in [-0.25, -0.2) is 8.78 Å². The first-order chi connectivity index (χ1) is 49.7. The Kier molecular flexibility index (Phi) is 29.9. The zero-order valence-electron chi connectivity index (χ0n) is 63.4. The summed E-state index contributed by atoms with van der Waals surface area (Å²) in [6.45, 7) is 6.44. The summed E-state index contributed by atoms with van der Waals surface area (Å²) in [5.41, 5.74) is -1.69. The fourth-order valence-electron chi connectivity index (χ4n) is 16.5. The number of hydrogen-bond donors (Lipinski definition) is 3. The van der Waals surface area contributed by atoms with E-state index in [0.717, 1.165) is 29.4 Å². The Morgan fingerprint density at radius 2 is 1.28 bits per heavy atom. The molecule has 2 unspecified atom stereocenters. The minimum Gasteiger partial charge on any atom is -0.377 e. The van der Waals surface area contributed by atoms with Gasteiger partial charge in [-0.2, -0.15) is 26.3 Å². The van der Waals surface area contributed by atoms with E-state index in [9.17, 15) is 55.1 Å². The molecule has 12 amide bonds. The van der Waals surface area contributed by atoms with Crippen molar-refractivity contribution in [2.24, 2.45) is 35.5 Å². The third-order valence-corrected chi connectivity index (χ3v) is 23.8. The van der Waals surface area contributed by atoms with E-state index < -0.39 is 230 Å². The Hall–Kier alpha value is -7.22. The van der Waals surface area contributed by atoms with Crippen LogP contribution in [0.2, 0.25) is 0 Å². The van der Waals surface area contributed by atoms with Crippen molar-refractivity contribution in [2.75, 3.05) is 88.7 Å². The maximum absolute atomic E-state index is 15.5. The number of halogens is 8. The topological polar surface area (TPSA) is 279 Å². The number of ether oxygens (including phenoxy) is 1. The predicted octanol–water partition coefficient (Wildman–Crippen LogP) is 5.71. The molecule has 0 aromatic heterocycles. The van der Waals surface area contributed by atoms with Crippen LogP contribution in [0.5, 0.6) is 0 Å². The molecule has 7 aliphatic rings. The van der Waals surface area contributed by atoms with Gasteiger partial charge in [-0.15, -0.1) is 0 Å². The van der Waals surface area contributed by atoms with E-state index in [0.29, 0.717) is 38.5 Å². The molecular formula is C73H112F8N12O13. The summed E-state index contributed by atoms with van der Waals surface area (Å²) in [5.74, 6) is -16.8. The summed E-state index contributed by atoms with van der Waals surface area (Å²) in [6.07, 6.45) is -13.3. The van der Waals surface area contributed by atoms with Gasteiger partial charge in [-0.05, 0) is 147 Å². The Bertz CT molecular complexity index is 3170. The summed E-state index contributed by atoms with van der Waals surface area (Å²) in [6, 6.07) is -11.4. The average molecular weight is 1520 g/mol. The fraction of sp³-hybridized carbons (Fsp3) is 0.808. The van der Waals surface area contributed by atoms with Gasteiger partial charge in [0.25, 0.3) is 0 Å². The SMILES string of the molecule is CCO[C@@H]1C[C@H]2C(=O)NC3(CCC3)C(=O)N(C)[C@@H](C3CCCC3)C(=O)N(C)[C@H](C(=O)N(C)CC)CC(=O)N(C)[C@@H](C)C(=O)N[C@@H]([C@@H](C)CC)C(=O)N(C)CC(=O)N(C)[C@H]3C/C=C\CCN(C3=O)[C@@H](CC3CCC(C(F)(F)F)CC3)C(=O)N(C)CC(=O)N[C@@H](CCC3CC(F)C(C(F)(F)F)C(F)C3)C(=O)N2C1. The molecule has 33 heteroatoms. The molecular weight excluding hydrogens is 1400 g/mol. The number of alkyl halides is 8.